The minimum atomic E-state index is 0.362. The Morgan fingerprint density at radius 3 is 2.28 bits per heavy atom. The number of nitrogens with two attached hydrogens (primary N) is 1. The highest BCUT2D eigenvalue weighted by atomic mass is 16.5. The number of benzene rings is 2. The highest BCUT2D eigenvalue weighted by Gasteiger charge is 2.34. The zero-order chi connectivity index (χ0) is 12.4. The fourth-order valence-electron chi connectivity index (χ4n) is 2.15. The smallest absolute Gasteiger partial charge is 0.119 e. The van der Waals surface area contributed by atoms with E-state index in [0.717, 1.165) is 12.2 Å². The van der Waals surface area contributed by atoms with Crippen LogP contribution in [0.4, 0.5) is 0 Å². The summed E-state index contributed by atoms with van der Waals surface area (Å²) in [6, 6.07) is 18.9. The first kappa shape index (κ1) is 11.3. The van der Waals surface area contributed by atoms with Gasteiger partial charge in [-0.3, -0.25) is 0 Å². The molecule has 2 nitrogen and oxygen atoms in total. The van der Waals surface area contributed by atoms with Gasteiger partial charge in [0.1, 0.15) is 12.4 Å². The molecule has 0 amide bonds. The highest BCUT2D eigenvalue weighted by molar-refractivity contribution is 5.33. The second-order valence-electron chi connectivity index (χ2n) is 4.85. The summed E-state index contributed by atoms with van der Waals surface area (Å²) < 4.78 is 5.74. The van der Waals surface area contributed by atoms with Crippen molar-refractivity contribution in [2.45, 2.75) is 25.0 Å². The maximum Gasteiger partial charge on any atom is 0.119 e. The van der Waals surface area contributed by atoms with E-state index in [1.165, 1.54) is 11.1 Å². The fourth-order valence-corrected chi connectivity index (χ4v) is 2.15. The van der Waals surface area contributed by atoms with Crippen LogP contribution >= 0.6 is 0 Å². The van der Waals surface area contributed by atoms with Gasteiger partial charge in [-0.15, -0.1) is 0 Å². The molecule has 2 atom stereocenters. The molecule has 0 saturated heterocycles. The van der Waals surface area contributed by atoms with Crippen LogP contribution in [0.1, 0.15) is 23.5 Å². The van der Waals surface area contributed by atoms with Crippen molar-refractivity contribution in [3.05, 3.63) is 65.7 Å². The predicted octanol–water partition coefficient (Wildman–Crippen LogP) is 3.08. The number of hydrogen-bond acceptors (Lipinski definition) is 2. The maximum atomic E-state index is 5.84. The lowest BCUT2D eigenvalue weighted by Gasteiger charge is -2.07. The van der Waals surface area contributed by atoms with Crippen LogP contribution in [0, 0.1) is 0 Å². The van der Waals surface area contributed by atoms with Gasteiger partial charge < -0.3 is 10.5 Å². The van der Waals surface area contributed by atoms with Crippen molar-refractivity contribution in [3.8, 4) is 5.75 Å². The average molecular weight is 239 g/mol. The topological polar surface area (TPSA) is 35.2 Å². The minimum absolute atomic E-state index is 0.362. The lowest BCUT2D eigenvalue weighted by Crippen LogP contribution is -2.01. The SMILES string of the molecule is N[C@H]1C[C@H]1c1ccc(OCc2ccccc2)cc1. The predicted molar refractivity (Wildman–Crippen MR) is 72.5 cm³/mol. The Morgan fingerprint density at radius 1 is 1.00 bits per heavy atom. The lowest BCUT2D eigenvalue weighted by atomic mass is 10.1. The van der Waals surface area contributed by atoms with E-state index in [9.17, 15) is 0 Å². The molecule has 2 heteroatoms. The number of hydrogen-bond donors (Lipinski definition) is 1. The molecule has 0 radical (unpaired) electrons. The highest BCUT2D eigenvalue weighted by Crippen LogP contribution is 2.39. The third-order valence-electron chi connectivity index (χ3n) is 3.40. The van der Waals surface area contributed by atoms with Crippen LogP contribution in [0.15, 0.2) is 54.6 Å². The van der Waals surface area contributed by atoms with Crippen molar-refractivity contribution in [3.63, 3.8) is 0 Å². The van der Waals surface area contributed by atoms with E-state index in [0.29, 0.717) is 18.6 Å². The molecule has 1 fully saturated rings. The monoisotopic (exact) mass is 239 g/mol. The summed E-state index contributed by atoms with van der Waals surface area (Å²) in [5.74, 6) is 1.48. The van der Waals surface area contributed by atoms with Gasteiger partial charge in [0, 0.05) is 12.0 Å². The minimum Gasteiger partial charge on any atom is -0.489 e. The first-order chi connectivity index (χ1) is 8.83. The zero-order valence-electron chi connectivity index (χ0n) is 10.3. The van der Waals surface area contributed by atoms with Crippen molar-refractivity contribution in [2.75, 3.05) is 0 Å². The Morgan fingerprint density at radius 2 is 1.67 bits per heavy atom. The van der Waals surface area contributed by atoms with Crippen LogP contribution in [-0.2, 0) is 6.61 Å². The number of rotatable bonds is 4. The molecule has 0 heterocycles. The third kappa shape index (κ3) is 2.54. The van der Waals surface area contributed by atoms with Gasteiger partial charge in [0.25, 0.3) is 0 Å². The molecule has 0 bridgehead atoms. The summed E-state index contributed by atoms with van der Waals surface area (Å²) in [6.45, 7) is 0.614. The van der Waals surface area contributed by atoms with Crippen molar-refractivity contribution < 1.29 is 4.74 Å². The van der Waals surface area contributed by atoms with Gasteiger partial charge in [-0.2, -0.15) is 0 Å². The summed E-state index contributed by atoms with van der Waals surface area (Å²) in [4.78, 5) is 0. The van der Waals surface area contributed by atoms with Crippen molar-refractivity contribution in [1.82, 2.24) is 0 Å². The summed E-state index contributed by atoms with van der Waals surface area (Å²) >= 11 is 0. The Bertz CT molecular complexity index is 506. The van der Waals surface area contributed by atoms with Gasteiger partial charge in [0.05, 0.1) is 0 Å². The van der Waals surface area contributed by atoms with Crippen LogP contribution in [0.2, 0.25) is 0 Å². The van der Waals surface area contributed by atoms with Gasteiger partial charge in [0.15, 0.2) is 0 Å². The largest absolute Gasteiger partial charge is 0.489 e. The van der Waals surface area contributed by atoms with E-state index >= 15 is 0 Å². The average Bonchev–Trinajstić information content (AvgIpc) is 3.15. The zero-order valence-corrected chi connectivity index (χ0v) is 10.3. The first-order valence-corrected chi connectivity index (χ1v) is 6.35. The van der Waals surface area contributed by atoms with Crippen LogP contribution in [0.25, 0.3) is 0 Å². The molecule has 0 aliphatic heterocycles. The molecule has 92 valence electrons. The molecular formula is C16H17NO. The molecule has 1 aliphatic carbocycles. The molecule has 0 unspecified atom stereocenters. The molecule has 2 aromatic rings. The van der Waals surface area contributed by atoms with Gasteiger partial charge in [0.2, 0.25) is 0 Å². The van der Waals surface area contributed by atoms with Crippen LogP contribution < -0.4 is 10.5 Å². The Labute approximate surface area is 107 Å². The summed E-state index contributed by atoms with van der Waals surface area (Å²) in [7, 11) is 0. The second kappa shape index (κ2) is 4.83. The van der Waals surface area contributed by atoms with E-state index in [-0.39, 0.29) is 0 Å². The van der Waals surface area contributed by atoms with Gasteiger partial charge >= 0.3 is 0 Å². The molecule has 0 aromatic heterocycles. The van der Waals surface area contributed by atoms with Crippen LogP contribution in [0.5, 0.6) is 5.75 Å². The Hall–Kier alpha value is -1.80. The van der Waals surface area contributed by atoms with Crippen LogP contribution in [-0.4, -0.2) is 6.04 Å². The number of ether oxygens (including phenoxy) is 1. The molecule has 1 aliphatic rings. The molecule has 0 spiro atoms. The summed E-state index contributed by atoms with van der Waals surface area (Å²) in [5.41, 5.74) is 8.35. The molecule has 2 N–H and O–H groups in total. The normalized spacial score (nSPS) is 21.6. The summed E-state index contributed by atoms with van der Waals surface area (Å²) in [5, 5.41) is 0. The summed E-state index contributed by atoms with van der Waals surface area (Å²) in [6.07, 6.45) is 1.12. The Kier molecular flexibility index (Phi) is 3.03. The molecule has 18 heavy (non-hydrogen) atoms. The van der Waals surface area contributed by atoms with E-state index in [4.69, 9.17) is 10.5 Å². The van der Waals surface area contributed by atoms with E-state index in [2.05, 4.69) is 24.3 Å². The molecule has 3 rings (SSSR count). The van der Waals surface area contributed by atoms with E-state index < -0.39 is 0 Å². The fraction of sp³-hybridized carbons (Fsp3) is 0.250. The van der Waals surface area contributed by atoms with Gasteiger partial charge in [-0.1, -0.05) is 42.5 Å². The molecule has 1 saturated carbocycles. The van der Waals surface area contributed by atoms with Crippen molar-refractivity contribution >= 4 is 0 Å². The van der Waals surface area contributed by atoms with Gasteiger partial charge in [-0.25, -0.2) is 0 Å². The quantitative estimate of drug-likeness (QED) is 0.890. The van der Waals surface area contributed by atoms with E-state index in [1.54, 1.807) is 0 Å². The molecule has 2 aromatic carbocycles. The molecular weight excluding hydrogens is 222 g/mol. The first-order valence-electron chi connectivity index (χ1n) is 6.35. The lowest BCUT2D eigenvalue weighted by molar-refractivity contribution is 0.306. The third-order valence-corrected chi connectivity index (χ3v) is 3.40. The van der Waals surface area contributed by atoms with E-state index in [1.807, 2.05) is 30.3 Å². The Balaban J connectivity index is 1.60. The standard InChI is InChI=1S/C16H17NO/c17-16-10-15(16)13-6-8-14(9-7-13)18-11-12-4-2-1-3-5-12/h1-9,15-16H,10-11,17H2/t15-,16-/m0/s1. The maximum absolute atomic E-state index is 5.84. The van der Waals surface area contributed by atoms with Crippen molar-refractivity contribution in [1.29, 1.82) is 0 Å². The second-order valence-corrected chi connectivity index (χ2v) is 4.85. The van der Waals surface area contributed by atoms with Crippen LogP contribution in [0.3, 0.4) is 0 Å². The van der Waals surface area contributed by atoms with Crippen molar-refractivity contribution in [2.24, 2.45) is 5.73 Å². The van der Waals surface area contributed by atoms with Gasteiger partial charge in [-0.05, 0) is 29.7 Å².